The zero-order valence-corrected chi connectivity index (χ0v) is 16.0. The van der Waals surface area contributed by atoms with Crippen LogP contribution in [0.25, 0.3) is 22.1 Å². The van der Waals surface area contributed by atoms with Crippen LogP contribution in [0.15, 0.2) is 48.8 Å². The van der Waals surface area contributed by atoms with E-state index in [4.69, 9.17) is 4.98 Å². The normalized spacial score (nSPS) is 17.5. The minimum Gasteiger partial charge on any atom is -0.385 e. The molecule has 1 aliphatic heterocycles. The Morgan fingerprint density at radius 1 is 1.18 bits per heavy atom. The minimum absolute atomic E-state index is 0.335. The number of benzene rings is 1. The average Bonchev–Trinajstić information content (AvgIpc) is 3.33. The van der Waals surface area contributed by atoms with Crippen molar-refractivity contribution in [3.63, 3.8) is 0 Å². The molecule has 0 radical (unpaired) electrons. The summed E-state index contributed by atoms with van der Waals surface area (Å²) < 4.78 is 2.28. The number of rotatable bonds is 4. The fourth-order valence-electron chi connectivity index (χ4n) is 4.45. The van der Waals surface area contributed by atoms with Gasteiger partial charge in [0.1, 0.15) is 23.1 Å². The maximum atomic E-state index is 10.4. The highest BCUT2D eigenvalue weighted by Crippen LogP contribution is 2.34. The summed E-state index contributed by atoms with van der Waals surface area (Å²) in [5, 5.41) is 11.5. The van der Waals surface area contributed by atoms with Crippen molar-refractivity contribution >= 4 is 22.1 Å². The number of piperidine rings is 1. The summed E-state index contributed by atoms with van der Waals surface area (Å²) in [6.45, 7) is 4.87. The first-order valence-corrected chi connectivity index (χ1v) is 9.99. The van der Waals surface area contributed by atoms with Gasteiger partial charge in [-0.25, -0.2) is 9.97 Å². The summed E-state index contributed by atoms with van der Waals surface area (Å²) >= 11 is 0. The Kier molecular flexibility index (Phi) is 4.37. The lowest BCUT2D eigenvalue weighted by Gasteiger charge is -2.34. The number of imidazole rings is 1. The third kappa shape index (κ3) is 2.99. The first-order chi connectivity index (χ1) is 13.7. The number of hydrogen-bond acceptors (Lipinski definition) is 4. The van der Waals surface area contributed by atoms with Gasteiger partial charge in [-0.05, 0) is 31.4 Å². The van der Waals surface area contributed by atoms with Gasteiger partial charge in [0.2, 0.25) is 0 Å². The second-order valence-electron chi connectivity index (χ2n) is 7.74. The van der Waals surface area contributed by atoms with E-state index in [-0.39, 0.29) is 0 Å². The zero-order valence-electron chi connectivity index (χ0n) is 16.0. The van der Waals surface area contributed by atoms with Crippen LogP contribution in [0.1, 0.15) is 43.3 Å². The minimum atomic E-state index is -0.608. The number of aliphatic hydroxyl groups is 1. The van der Waals surface area contributed by atoms with Gasteiger partial charge >= 0.3 is 0 Å². The Labute approximate surface area is 163 Å². The molecule has 0 bridgehead atoms. The lowest BCUT2D eigenvalue weighted by molar-refractivity contribution is 0.157. The summed E-state index contributed by atoms with van der Waals surface area (Å²) in [6.07, 6.45) is 5.21. The number of aliphatic hydroxyl groups excluding tert-OH is 1. The standard InChI is InChI=1S/C22H25N5O/c1-15(28)22-25-19-13-24-21-18(7-10-23-21)20(19)27(22)17-8-11-26(12-9-17)14-16-5-3-2-4-6-16/h2-7,10,13,15,17,28H,8-9,11-12,14H2,1H3,(H,23,24). The number of pyridine rings is 1. The molecule has 0 saturated carbocycles. The van der Waals surface area contributed by atoms with Crippen molar-refractivity contribution in [3.8, 4) is 0 Å². The second kappa shape index (κ2) is 7.04. The monoisotopic (exact) mass is 375 g/mol. The number of H-pyrrole nitrogens is 1. The molecule has 6 nitrogen and oxygen atoms in total. The second-order valence-corrected chi connectivity index (χ2v) is 7.74. The van der Waals surface area contributed by atoms with E-state index in [1.165, 1.54) is 5.56 Å². The van der Waals surface area contributed by atoms with E-state index in [1.54, 1.807) is 13.1 Å². The smallest absolute Gasteiger partial charge is 0.139 e. The lowest BCUT2D eigenvalue weighted by Crippen LogP contribution is -2.34. The van der Waals surface area contributed by atoms with Crippen molar-refractivity contribution in [2.45, 2.75) is 38.5 Å². The van der Waals surface area contributed by atoms with Crippen LogP contribution in [-0.4, -0.2) is 42.6 Å². The molecule has 1 atom stereocenters. The summed E-state index contributed by atoms with van der Waals surface area (Å²) in [6, 6.07) is 13.0. The quantitative estimate of drug-likeness (QED) is 0.569. The summed E-state index contributed by atoms with van der Waals surface area (Å²) in [5.74, 6) is 0.743. The molecule has 0 aliphatic carbocycles. The van der Waals surface area contributed by atoms with Crippen molar-refractivity contribution in [2.24, 2.45) is 0 Å². The SMILES string of the molecule is CC(O)c1nc2cnc3[nH]ccc3c2n1C1CCN(Cc2ccccc2)CC1. The van der Waals surface area contributed by atoms with Gasteiger partial charge < -0.3 is 14.7 Å². The number of hydrogen-bond donors (Lipinski definition) is 2. The fraction of sp³-hybridized carbons (Fsp3) is 0.364. The molecule has 2 N–H and O–H groups in total. The molecule has 6 heteroatoms. The van der Waals surface area contributed by atoms with Gasteiger partial charge in [0.25, 0.3) is 0 Å². The first-order valence-electron chi connectivity index (χ1n) is 9.99. The van der Waals surface area contributed by atoms with Crippen LogP contribution in [-0.2, 0) is 6.54 Å². The molecule has 1 unspecified atom stereocenters. The molecule has 1 saturated heterocycles. The molecule has 4 heterocycles. The maximum absolute atomic E-state index is 10.4. The van der Waals surface area contributed by atoms with Crippen molar-refractivity contribution < 1.29 is 5.11 Å². The number of aromatic amines is 1. The molecule has 1 aromatic carbocycles. The number of nitrogens with zero attached hydrogens (tertiary/aromatic N) is 4. The van der Waals surface area contributed by atoms with Crippen LogP contribution >= 0.6 is 0 Å². The zero-order chi connectivity index (χ0) is 19.1. The van der Waals surface area contributed by atoms with Crippen LogP contribution in [0, 0.1) is 0 Å². The number of nitrogens with one attached hydrogen (secondary N) is 1. The van der Waals surface area contributed by atoms with Crippen LogP contribution < -0.4 is 0 Å². The van der Waals surface area contributed by atoms with Gasteiger partial charge in [0.15, 0.2) is 0 Å². The molecule has 144 valence electrons. The molecular formula is C22H25N5O. The van der Waals surface area contributed by atoms with E-state index >= 15 is 0 Å². The summed E-state index contributed by atoms with van der Waals surface area (Å²) in [4.78, 5) is 14.9. The highest BCUT2D eigenvalue weighted by molar-refractivity contribution is 6.01. The van der Waals surface area contributed by atoms with Gasteiger partial charge in [-0.3, -0.25) is 4.90 Å². The molecule has 0 spiro atoms. The number of fused-ring (bicyclic) bond motifs is 3. The molecule has 4 aromatic rings. The molecule has 0 amide bonds. The average molecular weight is 375 g/mol. The number of aromatic nitrogens is 4. The van der Waals surface area contributed by atoms with Gasteiger partial charge in [0, 0.05) is 37.3 Å². The van der Waals surface area contributed by atoms with Crippen LogP contribution in [0.3, 0.4) is 0 Å². The van der Waals surface area contributed by atoms with E-state index in [1.807, 2.05) is 6.20 Å². The van der Waals surface area contributed by atoms with Gasteiger partial charge in [-0.1, -0.05) is 30.3 Å². The van der Waals surface area contributed by atoms with Crippen molar-refractivity contribution in [1.82, 2.24) is 24.4 Å². The predicted octanol–water partition coefficient (Wildman–Crippen LogP) is 3.80. The molecule has 5 rings (SSSR count). The summed E-state index contributed by atoms with van der Waals surface area (Å²) in [5.41, 5.74) is 4.17. The van der Waals surface area contributed by atoms with E-state index in [0.29, 0.717) is 6.04 Å². The molecular weight excluding hydrogens is 350 g/mol. The Balaban J connectivity index is 1.46. The van der Waals surface area contributed by atoms with Gasteiger partial charge in [0.05, 0.1) is 11.7 Å². The summed E-state index contributed by atoms with van der Waals surface area (Å²) in [7, 11) is 0. The van der Waals surface area contributed by atoms with E-state index in [2.05, 4.69) is 55.8 Å². The highest BCUT2D eigenvalue weighted by Gasteiger charge is 2.27. The number of likely N-dealkylation sites (tertiary alicyclic amines) is 1. The van der Waals surface area contributed by atoms with Crippen molar-refractivity contribution in [1.29, 1.82) is 0 Å². The Bertz CT molecular complexity index is 1090. The van der Waals surface area contributed by atoms with Crippen LogP contribution in [0.4, 0.5) is 0 Å². The first kappa shape index (κ1) is 17.4. The molecule has 1 fully saturated rings. The van der Waals surface area contributed by atoms with Crippen LogP contribution in [0.5, 0.6) is 0 Å². The van der Waals surface area contributed by atoms with Crippen molar-refractivity contribution in [3.05, 3.63) is 60.2 Å². The largest absolute Gasteiger partial charge is 0.385 e. The molecule has 1 aliphatic rings. The molecule has 3 aromatic heterocycles. The Hall–Kier alpha value is -2.70. The highest BCUT2D eigenvalue weighted by atomic mass is 16.3. The topological polar surface area (TPSA) is 70.0 Å². The third-order valence-electron chi connectivity index (χ3n) is 5.81. The van der Waals surface area contributed by atoms with Crippen molar-refractivity contribution in [2.75, 3.05) is 13.1 Å². The van der Waals surface area contributed by atoms with E-state index in [9.17, 15) is 5.11 Å². The fourth-order valence-corrected chi connectivity index (χ4v) is 4.45. The lowest BCUT2D eigenvalue weighted by atomic mass is 10.0. The Morgan fingerprint density at radius 3 is 2.71 bits per heavy atom. The maximum Gasteiger partial charge on any atom is 0.139 e. The molecule has 28 heavy (non-hydrogen) atoms. The van der Waals surface area contributed by atoms with Gasteiger partial charge in [-0.15, -0.1) is 0 Å². The van der Waals surface area contributed by atoms with E-state index in [0.717, 1.165) is 60.4 Å². The van der Waals surface area contributed by atoms with Gasteiger partial charge in [-0.2, -0.15) is 0 Å². The predicted molar refractivity (Wildman–Crippen MR) is 110 cm³/mol. The Morgan fingerprint density at radius 2 is 1.96 bits per heavy atom. The third-order valence-corrected chi connectivity index (χ3v) is 5.81. The van der Waals surface area contributed by atoms with E-state index < -0.39 is 6.10 Å². The van der Waals surface area contributed by atoms with Crippen LogP contribution in [0.2, 0.25) is 0 Å².